The van der Waals surface area contributed by atoms with Gasteiger partial charge < -0.3 is 0 Å². The maximum Gasteiger partial charge on any atom is 0.0849 e. The molecule has 1 heterocycles. The maximum absolute atomic E-state index is 4.45. The van der Waals surface area contributed by atoms with Crippen LogP contribution in [0.5, 0.6) is 0 Å². The summed E-state index contributed by atoms with van der Waals surface area (Å²) >= 11 is 1.77. The smallest absolute Gasteiger partial charge is 0.0849 e. The lowest BCUT2D eigenvalue weighted by Gasteiger charge is -2.19. The minimum absolute atomic E-state index is 0.235. The number of benzene rings is 1. The van der Waals surface area contributed by atoms with Gasteiger partial charge in [0.15, 0.2) is 0 Å². The van der Waals surface area contributed by atoms with Crippen molar-refractivity contribution in [3.63, 3.8) is 0 Å². The molecule has 0 amide bonds. The van der Waals surface area contributed by atoms with Crippen LogP contribution in [0.25, 0.3) is 11.3 Å². The molecule has 2 heteroatoms. The van der Waals surface area contributed by atoms with E-state index in [9.17, 15) is 0 Å². The van der Waals surface area contributed by atoms with Gasteiger partial charge in [-0.3, -0.25) is 0 Å². The van der Waals surface area contributed by atoms with Gasteiger partial charge in [0.1, 0.15) is 0 Å². The van der Waals surface area contributed by atoms with Gasteiger partial charge in [-0.2, -0.15) is 0 Å². The summed E-state index contributed by atoms with van der Waals surface area (Å²) in [7, 11) is 0. The fourth-order valence-corrected chi connectivity index (χ4v) is 3.02. The first-order valence-electron chi connectivity index (χ1n) is 5.62. The molecule has 1 nitrogen and oxygen atoms in total. The van der Waals surface area contributed by atoms with E-state index in [-0.39, 0.29) is 5.41 Å². The summed E-state index contributed by atoms with van der Waals surface area (Å²) in [5.41, 5.74) is 7.59. The molecule has 0 atom stereocenters. The summed E-state index contributed by atoms with van der Waals surface area (Å²) in [6.45, 7) is 6.78. The van der Waals surface area contributed by atoms with Crippen LogP contribution in [-0.2, 0) is 11.8 Å². The zero-order valence-corrected chi connectivity index (χ0v) is 10.7. The van der Waals surface area contributed by atoms with Gasteiger partial charge >= 0.3 is 0 Å². The van der Waals surface area contributed by atoms with Gasteiger partial charge in [-0.25, -0.2) is 4.98 Å². The summed E-state index contributed by atoms with van der Waals surface area (Å²) in [6, 6.07) is 6.83. The molecule has 82 valence electrons. The highest BCUT2D eigenvalue weighted by atomic mass is 32.1. The Bertz CT molecular complexity index is 546. The van der Waals surface area contributed by atoms with Crippen molar-refractivity contribution in [3.8, 4) is 11.3 Å². The van der Waals surface area contributed by atoms with Crippen LogP contribution in [0.2, 0.25) is 0 Å². The highest BCUT2D eigenvalue weighted by Gasteiger charge is 2.23. The van der Waals surface area contributed by atoms with Crippen LogP contribution in [0.3, 0.4) is 0 Å². The second-order valence-corrected chi connectivity index (χ2v) is 6.36. The molecule has 1 aromatic heterocycles. The summed E-state index contributed by atoms with van der Waals surface area (Å²) in [5, 5.41) is 0. The van der Waals surface area contributed by atoms with E-state index < -0.39 is 0 Å². The molecule has 0 spiro atoms. The lowest BCUT2D eigenvalue weighted by molar-refractivity contribution is 0.590. The standard InChI is InChI=1S/C14H15NS/c1-14(2,3)10-4-5-11-9(6-10)7-12-13(11)15-8-16-12/h4-6,8H,7H2,1-3H3. The van der Waals surface area contributed by atoms with Crippen LogP contribution in [-0.4, -0.2) is 4.98 Å². The predicted octanol–water partition coefficient (Wildman–Crippen LogP) is 4.01. The lowest BCUT2D eigenvalue weighted by Crippen LogP contribution is -2.11. The number of rotatable bonds is 0. The minimum atomic E-state index is 0.235. The highest BCUT2D eigenvalue weighted by Crippen LogP contribution is 2.39. The van der Waals surface area contributed by atoms with E-state index in [1.807, 2.05) is 5.51 Å². The molecular formula is C14H15NS. The number of thiazole rings is 1. The van der Waals surface area contributed by atoms with Crippen LogP contribution < -0.4 is 0 Å². The molecule has 0 unspecified atom stereocenters. The fourth-order valence-electron chi connectivity index (χ4n) is 2.23. The van der Waals surface area contributed by atoms with Gasteiger partial charge in [-0.1, -0.05) is 39.0 Å². The number of hydrogen-bond acceptors (Lipinski definition) is 2. The van der Waals surface area contributed by atoms with Gasteiger partial charge in [0.05, 0.1) is 11.2 Å². The quantitative estimate of drug-likeness (QED) is 0.567. The first-order valence-corrected chi connectivity index (χ1v) is 6.50. The summed E-state index contributed by atoms with van der Waals surface area (Å²) in [5.74, 6) is 0. The number of nitrogens with zero attached hydrogens (tertiary/aromatic N) is 1. The second kappa shape index (κ2) is 3.17. The Morgan fingerprint density at radius 2 is 2.06 bits per heavy atom. The van der Waals surface area contributed by atoms with E-state index in [1.54, 1.807) is 11.3 Å². The molecule has 1 aromatic carbocycles. The van der Waals surface area contributed by atoms with E-state index in [0.29, 0.717) is 0 Å². The van der Waals surface area contributed by atoms with E-state index in [0.717, 1.165) is 6.42 Å². The molecule has 0 saturated carbocycles. The topological polar surface area (TPSA) is 12.9 Å². The molecule has 0 N–H and O–H groups in total. The first kappa shape index (κ1) is 10.0. The molecule has 0 bridgehead atoms. The number of fused-ring (bicyclic) bond motifs is 3. The molecule has 3 rings (SSSR count). The van der Waals surface area contributed by atoms with Crippen LogP contribution >= 0.6 is 11.3 Å². The van der Waals surface area contributed by atoms with Crippen molar-refractivity contribution < 1.29 is 0 Å². The van der Waals surface area contributed by atoms with Gasteiger partial charge in [-0.15, -0.1) is 11.3 Å². The molecular weight excluding hydrogens is 214 g/mol. The van der Waals surface area contributed by atoms with E-state index in [1.165, 1.54) is 27.3 Å². The zero-order chi connectivity index (χ0) is 11.3. The Hall–Kier alpha value is -1.15. The Kier molecular flexibility index (Phi) is 1.99. The van der Waals surface area contributed by atoms with Gasteiger partial charge in [0.2, 0.25) is 0 Å². The third-order valence-corrected chi connectivity index (χ3v) is 4.05. The molecule has 0 aliphatic heterocycles. The number of hydrogen-bond donors (Lipinski definition) is 0. The number of aromatic nitrogens is 1. The molecule has 16 heavy (non-hydrogen) atoms. The molecule has 1 aliphatic carbocycles. The monoisotopic (exact) mass is 229 g/mol. The van der Waals surface area contributed by atoms with Gasteiger partial charge in [-0.05, 0) is 16.5 Å². The Balaban J connectivity index is 2.13. The average molecular weight is 229 g/mol. The fraction of sp³-hybridized carbons (Fsp3) is 0.357. The van der Waals surface area contributed by atoms with Crippen molar-refractivity contribution in [1.82, 2.24) is 4.98 Å². The third kappa shape index (κ3) is 1.40. The Morgan fingerprint density at radius 3 is 2.81 bits per heavy atom. The minimum Gasteiger partial charge on any atom is -0.244 e. The second-order valence-electron chi connectivity index (χ2n) is 5.42. The van der Waals surface area contributed by atoms with E-state index >= 15 is 0 Å². The van der Waals surface area contributed by atoms with Crippen molar-refractivity contribution >= 4 is 11.3 Å². The van der Waals surface area contributed by atoms with Crippen molar-refractivity contribution in [3.05, 3.63) is 39.7 Å². The summed E-state index contributed by atoms with van der Waals surface area (Å²) in [4.78, 5) is 5.87. The maximum atomic E-state index is 4.45. The third-order valence-electron chi connectivity index (χ3n) is 3.22. The van der Waals surface area contributed by atoms with E-state index in [4.69, 9.17) is 0 Å². The van der Waals surface area contributed by atoms with Crippen LogP contribution in [0.4, 0.5) is 0 Å². The molecule has 2 aromatic rings. The van der Waals surface area contributed by atoms with Gasteiger partial charge in [0.25, 0.3) is 0 Å². The van der Waals surface area contributed by atoms with Gasteiger partial charge in [0, 0.05) is 16.9 Å². The Labute approximate surface area is 100 Å². The molecule has 0 fully saturated rings. The van der Waals surface area contributed by atoms with Crippen LogP contribution in [0.15, 0.2) is 23.7 Å². The Morgan fingerprint density at radius 1 is 1.25 bits per heavy atom. The summed E-state index contributed by atoms with van der Waals surface area (Å²) in [6.07, 6.45) is 1.07. The molecule has 0 radical (unpaired) electrons. The van der Waals surface area contributed by atoms with Crippen molar-refractivity contribution in [2.24, 2.45) is 0 Å². The highest BCUT2D eigenvalue weighted by molar-refractivity contribution is 7.10. The van der Waals surface area contributed by atoms with Crippen molar-refractivity contribution in [1.29, 1.82) is 0 Å². The lowest BCUT2D eigenvalue weighted by atomic mass is 9.85. The normalized spacial score (nSPS) is 13.7. The predicted molar refractivity (Wildman–Crippen MR) is 69.1 cm³/mol. The zero-order valence-electron chi connectivity index (χ0n) is 9.87. The average Bonchev–Trinajstić information content (AvgIpc) is 2.74. The van der Waals surface area contributed by atoms with Crippen molar-refractivity contribution in [2.45, 2.75) is 32.6 Å². The molecule has 0 saturated heterocycles. The summed E-state index contributed by atoms with van der Waals surface area (Å²) < 4.78 is 0. The van der Waals surface area contributed by atoms with Crippen LogP contribution in [0.1, 0.15) is 36.8 Å². The first-order chi connectivity index (χ1) is 7.55. The van der Waals surface area contributed by atoms with Crippen LogP contribution in [0, 0.1) is 0 Å². The molecule has 1 aliphatic rings. The largest absolute Gasteiger partial charge is 0.244 e. The van der Waals surface area contributed by atoms with E-state index in [2.05, 4.69) is 44.0 Å². The van der Waals surface area contributed by atoms with Crippen molar-refractivity contribution in [2.75, 3.05) is 0 Å². The SMILES string of the molecule is CC(C)(C)c1ccc2c(c1)Cc1scnc1-2.